The lowest BCUT2D eigenvalue weighted by molar-refractivity contribution is -0.137. The molecule has 0 spiro atoms. The minimum atomic E-state index is -4.84. The van der Waals surface area contributed by atoms with Crippen LogP contribution in [0.25, 0.3) is 0 Å². The van der Waals surface area contributed by atoms with Crippen LogP contribution in [0.3, 0.4) is 0 Å². The van der Waals surface area contributed by atoms with Crippen molar-refractivity contribution < 1.29 is 31.9 Å². The van der Waals surface area contributed by atoms with E-state index in [1.165, 1.54) is 13.8 Å². The van der Waals surface area contributed by atoms with Crippen LogP contribution in [0.2, 0.25) is 0 Å². The van der Waals surface area contributed by atoms with Crippen LogP contribution in [0.4, 0.5) is 22.6 Å². The number of ketones is 1. The average molecular weight is 485 g/mol. The van der Waals surface area contributed by atoms with Gasteiger partial charge in [0.2, 0.25) is 17.6 Å². The van der Waals surface area contributed by atoms with E-state index in [4.69, 9.17) is 0 Å². The standard InChI is InChI=1S/C23H24F4N2O3S/c1-22(2,29-17(30)11-13-5-3-4-6-13)21(32)28-18-12-16(23(25,26)27)20(33-18)19(31)14-7-9-15(24)10-8-14/h7-10,12-13H,3-6,11H2,1-2H3,(H,28,32)(H,29,30). The highest BCUT2D eigenvalue weighted by atomic mass is 32.1. The molecule has 1 heterocycles. The number of amides is 2. The third kappa shape index (κ3) is 6.19. The van der Waals surface area contributed by atoms with Crippen LogP contribution < -0.4 is 10.6 Å². The summed E-state index contributed by atoms with van der Waals surface area (Å²) in [5.41, 5.74) is -2.68. The van der Waals surface area contributed by atoms with E-state index in [-0.39, 0.29) is 22.4 Å². The third-order valence-electron chi connectivity index (χ3n) is 5.56. The first-order valence-corrected chi connectivity index (χ1v) is 11.3. The van der Waals surface area contributed by atoms with Gasteiger partial charge in [-0.25, -0.2) is 4.39 Å². The highest BCUT2D eigenvalue weighted by molar-refractivity contribution is 7.18. The van der Waals surface area contributed by atoms with Gasteiger partial charge in [0, 0.05) is 12.0 Å². The van der Waals surface area contributed by atoms with Crippen molar-refractivity contribution in [3.05, 3.63) is 52.2 Å². The first-order valence-electron chi connectivity index (χ1n) is 10.5. The Labute approximate surface area is 192 Å². The fourth-order valence-corrected chi connectivity index (χ4v) is 4.80. The summed E-state index contributed by atoms with van der Waals surface area (Å²) in [6, 6.07) is 4.84. The van der Waals surface area contributed by atoms with Crippen molar-refractivity contribution >= 4 is 33.9 Å². The quantitative estimate of drug-likeness (QED) is 0.400. The summed E-state index contributed by atoms with van der Waals surface area (Å²) in [5, 5.41) is 4.84. The largest absolute Gasteiger partial charge is 0.418 e. The third-order valence-corrected chi connectivity index (χ3v) is 6.60. The highest BCUT2D eigenvalue weighted by Crippen LogP contribution is 2.40. The van der Waals surface area contributed by atoms with Crippen LogP contribution in [0, 0.1) is 11.7 Å². The molecule has 0 bridgehead atoms. The van der Waals surface area contributed by atoms with Gasteiger partial charge in [0.15, 0.2) is 0 Å². The van der Waals surface area contributed by atoms with E-state index in [1.807, 2.05) is 0 Å². The molecule has 33 heavy (non-hydrogen) atoms. The van der Waals surface area contributed by atoms with Gasteiger partial charge in [-0.15, -0.1) is 11.3 Å². The lowest BCUT2D eigenvalue weighted by Gasteiger charge is -2.25. The highest BCUT2D eigenvalue weighted by Gasteiger charge is 2.39. The van der Waals surface area contributed by atoms with Gasteiger partial charge in [0.1, 0.15) is 11.4 Å². The number of carbonyl (C=O) groups is 3. The van der Waals surface area contributed by atoms with E-state index in [2.05, 4.69) is 10.6 Å². The molecule has 1 aromatic carbocycles. The molecular formula is C23H24F4N2O3S. The molecule has 178 valence electrons. The van der Waals surface area contributed by atoms with Gasteiger partial charge in [-0.1, -0.05) is 12.8 Å². The van der Waals surface area contributed by atoms with Gasteiger partial charge in [-0.05, 0) is 62.9 Å². The van der Waals surface area contributed by atoms with E-state index < -0.39 is 39.7 Å². The molecule has 5 nitrogen and oxygen atoms in total. The molecule has 3 rings (SSSR count). The maximum Gasteiger partial charge on any atom is 0.418 e. The molecular weight excluding hydrogens is 460 g/mol. The van der Waals surface area contributed by atoms with Crippen molar-refractivity contribution in [3.63, 3.8) is 0 Å². The fourth-order valence-electron chi connectivity index (χ4n) is 3.77. The molecule has 0 aliphatic heterocycles. The Kier molecular flexibility index (Phi) is 7.26. The Morgan fingerprint density at radius 3 is 2.24 bits per heavy atom. The summed E-state index contributed by atoms with van der Waals surface area (Å²) in [4.78, 5) is 37.1. The fraction of sp³-hybridized carbons (Fsp3) is 0.435. The van der Waals surface area contributed by atoms with Gasteiger partial charge in [0.05, 0.1) is 15.4 Å². The molecule has 0 saturated heterocycles. The van der Waals surface area contributed by atoms with E-state index in [0.717, 1.165) is 49.9 Å². The molecule has 1 aromatic heterocycles. The molecule has 1 aliphatic carbocycles. The van der Waals surface area contributed by atoms with Crippen molar-refractivity contribution in [3.8, 4) is 0 Å². The zero-order valence-electron chi connectivity index (χ0n) is 18.1. The maximum absolute atomic E-state index is 13.6. The summed E-state index contributed by atoms with van der Waals surface area (Å²) in [6.45, 7) is 2.91. The Bertz CT molecular complexity index is 1040. The minimum absolute atomic E-state index is 0.110. The molecule has 2 amide bonds. The van der Waals surface area contributed by atoms with Gasteiger partial charge in [-0.2, -0.15) is 13.2 Å². The number of hydrogen-bond donors (Lipinski definition) is 2. The maximum atomic E-state index is 13.6. The summed E-state index contributed by atoms with van der Waals surface area (Å²) in [5.74, 6) is -2.29. The predicted octanol–water partition coefficient (Wildman–Crippen LogP) is 5.55. The first-order chi connectivity index (χ1) is 15.4. The number of anilines is 1. The van der Waals surface area contributed by atoms with E-state index in [1.54, 1.807) is 0 Å². The van der Waals surface area contributed by atoms with Gasteiger partial charge < -0.3 is 10.6 Å². The number of alkyl halides is 3. The van der Waals surface area contributed by atoms with Crippen LogP contribution in [0.5, 0.6) is 0 Å². The molecule has 2 aromatic rings. The topological polar surface area (TPSA) is 75.3 Å². The van der Waals surface area contributed by atoms with Gasteiger partial charge in [0.25, 0.3) is 0 Å². The van der Waals surface area contributed by atoms with Crippen molar-refractivity contribution in [2.45, 2.75) is 57.7 Å². The number of rotatable bonds is 7. The van der Waals surface area contributed by atoms with Crippen LogP contribution in [0.15, 0.2) is 30.3 Å². The van der Waals surface area contributed by atoms with Crippen molar-refractivity contribution in [1.82, 2.24) is 5.32 Å². The minimum Gasteiger partial charge on any atom is -0.342 e. The van der Waals surface area contributed by atoms with Crippen molar-refractivity contribution in [1.29, 1.82) is 0 Å². The number of halogens is 4. The number of hydrogen-bond acceptors (Lipinski definition) is 4. The predicted molar refractivity (Wildman–Crippen MR) is 117 cm³/mol. The number of nitrogens with one attached hydrogen (secondary N) is 2. The number of benzene rings is 1. The zero-order chi connectivity index (χ0) is 24.4. The van der Waals surface area contributed by atoms with Crippen LogP contribution in [-0.2, 0) is 15.8 Å². The van der Waals surface area contributed by atoms with Crippen LogP contribution in [0.1, 0.15) is 66.8 Å². The Morgan fingerprint density at radius 2 is 1.67 bits per heavy atom. The van der Waals surface area contributed by atoms with E-state index in [9.17, 15) is 31.9 Å². The van der Waals surface area contributed by atoms with Crippen LogP contribution >= 0.6 is 11.3 Å². The van der Waals surface area contributed by atoms with Crippen molar-refractivity contribution in [2.24, 2.45) is 5.92 Å². The smallest absolute Gasteiger partial charge is 0.342 e. The summed E-state index contributed by atoms with van der Waals surface area (Å²) >= 11 is 0.475. The summed E-state index contributed by atoms with van der Waals surface area (Å²) in [7, 11) is 0. The monoisotopic (exact) mass is 484 g/mol. The van der Waals surface area contributed by atoms with Crippen molar-refractivity contribution in [2.75, 3.05) is 5.32 Å². The second kappa shape index (κ2) is 9.62. The number of carbonyl (C=O) groups excluding carboxylic acids is 3. The molecule has 1 fully saturated rings. The van der Waals surface area contributed by atoms with Crippen LogP contribution in [-0.4, -0.2) is 23.1 Å². The molecule has 10 heteroatoms. The number of thiophene rings is 1. The Morgan fingerprint density at radius 1 is 1.06 bits per heavy atom. The molecule has 1 saturated carbocycles. The second-order valence-electron chi connectivity index (χ2n) is 8.67. The normalized spacial score (nSPS) is 14.8. The molecule has 0 unspecified atom stereocenters. The Hall–Kier alpha value is -2.75. The SMILES string of the molecule is CC(C)(NC(=O)CC1CCCC1)C(=O)Nc1cc(C(F)(F)F)c(C(=O)c2ccc(F)cc2)s1. The molecule has 0 radical (unpaired) electrons. The molecule has 2 N–H and O–H groups in total. The Balaban J connectivity index is 1.77. The second-order valence-corrected chi connectivity index (χ2v) is 9.72. The zero-order valence-corrected chi connectivity index (χ0v) is 19.0. The van der Waals surface area contributed by atoms with Gasteiger partial charge in [-0.3, -0.25) is 14.4 Å². The first kappa shape index (κ1) is 24.9. The van der Waals surface area contributed by atoms with E-state index in [0.29, 0.717) is 23.8 Å². The lowest BCUT2D eigenvalue weighted by atomic mass is 10.0. The average Bonchev–Trinajstić information content (AvgIpc) is 3.37. The van der Waals surface area contributed by atoms with Gasteiger partial charge >= 0.3 is 6.18 Å². The summed E-state index contributed by atoms with van der Waals surface area (Å²) in [6.07, 6.45) is -0.484. The lowest BCUT2D eigenvalue weighted by Crippen LogP contribution is -2.52. The van der Waals surface area contributed by atoms with E-state index >= 15 is 0 Å². The molecule has 0 atom stereocenters. The summed E-state index contributed by atoms with van der Waals surface area (Å²) < 4.78 is 53.8. The molecule has 1 aliphatic rings.